The minimum Gasteiger partial charge on any atom is -0.411 e. The van der Waals surface area contributed by atoms with E-state index in [0.717, 1.165) is 16.5 Å². The van der Waals surface area contributed by atoms with E-state index < -0.39 is 0 Å². The summed E-state index contributed by atoms with van der Waals surface area (Å²) in [6, 6.07) is 5.39. The molecule has 1 N–H and O–H groups in total. The number of benzene rings is 1. The molecule has 0 amide bonds. The number of rotatable bonds is 1. The van der Waals surface area contributed by atoms with Crippen molar-refractivity contribution >= 4 is 17.2 Å². The van der Waals surface area contributed by atoms with E-state index in [-0.39, 0.29) is 0 Å². The molecule has 0 saturated heterocycles. The molecule has 2 aromatic rings. The van der Waals surface area contributed by atoms with E-state index in [1.54, 1.807) is 18.3 Å². The van der Waals surface area contributed by atoms with Crippen LogP contribution in [0, 0.1) is 0 Å². The van der Waals surface area contributed by atoms with Crippen molar-refractivity contribution in [3.8, 4) is 0 Å². The van der Waals surface area contributed by atoms with Gasteiger partial charge in [-0.3, -0.25) is 0 Å². The van der Waals surface area contributed by atoms with Crippen LogP contribution in [0.25, 0.3) is 11.0 Å². The summed E-state index contributed by atoms with van der Waals surface area (Å²) in [5.41, 5.74) is 1.54. The first-order valence-electron chi connectivity index (χ1n) is 3.42. The Labute approximate surface area is 68.1 Å². The molecular weight excluding hydrogens is 156 g/mol. The van der Waals surface area contributed by atoms with E-state index >= 15 is 0 Å². The third kappa shape index (κ3) is 1.03. The number of hydrogen-bond acceptors (Lipinski definition) is 4. The Balaban J connectivity index is 2.60. The zero-order valence-corrected chi connectivity index (χ0v) is 6.14. The van der Waals surface area contributed by atoms with Crippen molar-refractivity contribution in [3.05, 3.63) is 30.0 Å². The van der Waals surface area contributed by atoms with Crippen LogP contribution in [0.1, 0.15) is 5.56 Å². The van der Waals surface area contributed by atoms with Crippen LogP contribution in [0.2, 0.25) is 0 Å². The highest BCUT2D eigenvalue weighted by Gasteiger charge is 1.97. The molecule has 0 saturated carbocycles. The summed E-state index contributed by atoms with van der Waals surface area (Å²) >= 11 is 0. The van der Waals surface area contributed by atoms with Gasteiger partial charge in [0.25, 0.3) is 0 Å². The van der Waals surface area contributed by atoms with Crippen LogP contribution in [0.4, 0.5) is 0 Å². The Bertz CT molecular complexity index is 420. The molecule has 1 aromatic heterocycles. The Morgan fingerprint density at radius 1 is 1.50 bits per heavy atom. The zero-order valence-electron chi connectivity index (χ0n) is 6.14. The summed E-state index contributed by atoms with van der Waals surface area (Å²) in [5.74, 6) is 0. The van der Waals surface area contributed by atoms with Gasteiger partial charge in [-0.2, -0.15) is 0 Å². The smallest absolute Gasteiger partial charge is 0.166 e. The number of fused-ring (bicyclic) bond motifs is 1. The normalized spacial score (nSPS) is 11.3. The van der Waals surface area contributed by atoms with E-state index in [1.165, 1.54) is 6.21 Å². The van der Waals surface area contributed by atoms with Crippen LogP contribution < -0.4 is 0 Å². The van der Waals surface area contributed by atoms with Gasteiger partial charge in [-0.25, -0.2) is 0 Å². The van der Waals surface area contributed by atoms with Crippen molar-refractivity contribution < 1.29 is 9.73 Å². The molecule has 0 aliphatic heterocycles. The van der Waals surface area contributed by atoms with E-state index in [4.69, 9.17) is 9.73 Å². The summed E-state index contributed by atoms with van der Waals surface area (Å²) in [6.45, 7) is 0. The van der Waals surface area contributed by atoms with Crippen molar-refractivity contribution in [1.29, 1.82) is 0 Å². The van der Waals surface area contributed by atoms with Gasteiger partial charge in [0.05, 0.1) is 12.4 Å². The Kier molecular flexibility index (Phi) is 1.51. The minimum absolute atomic E-state index is 0.727. The summed E-state index contributed by atoms with van der Waals surface area (Å²) in [4.78, 5) is 0. The van der Waals surface area contributed by atoms with Crippen LogP contribution >= 0.6 is 0 Å². The lowest BCUT2D eigenvalue weighted by Crippen LogP contribution is -1.78. The topological polar surface area (TPSA) is 58.6 Å². The second-order valence-electron chi connectivity index (χ2n) is 2.37. The van der Waals surface area contributed by atoms with Crippen LogP contribution in [0.15, 0.2) is 34.1 Å². The molecule has 2 rings (SSSR count). The highest BCUT2D eigenvalue weighted by Crippen LogP contribution is 2.13. The van der Waals surface area contributed by atoms with E-state index in [1.807, 2.05) is 6.07 Å². The number of aromatic nitrogens is 1. The van der Waals surface area contributed by atoms with Crippen molar-refractivity contribution in [3.63, 3.8) is 0 Å². The molecule has 0 aliphatic carbocycles. The molecule has 0 radical (unpaired) electrons. The first-order valence-corrected chi connectivity index (χ1v) is 3.42. The SMILES string of the molecule is ON=Cc1ccc2oncc2c1. The largest absolute Gasteiger partial charge is 0.411 e. The third-order valence-electron chi connectivity index (χ3n) is 1.58. The van der Waals surface area contributed by atoms with E-state index in [2.05, 4.69) is 10.3 Å². The molecule has 12 heavy (non-hydrogen) atoms. The summed E-state index contributed by atoms with van der Waals surface area (Å²) in [7, 11) is 0. The maximum Gasteiger partial charge on any atom is 0.166 e. The lowest BCUT2D eigenvalue weighted by Gasteiger charge is -1.89. The number of oxime groups is 1. The molecule has 1 aromatic carbocycles. The highest BCUT2D eigenvalue weighted by molar-refractivity contribution is 5.87. The van der Waals surface area contributed by atoms with E-state index in [0.29, 0.717) is 0 Å². The van der Waals surface area contributed by atoms with Crippen LogP contribution in [-0.2, 0) is 0 Å². The second-order valence-corrected chi connectivity index (χ2v) is 2.37. The molecule has 0 bridgehead atoms. The van der Waals surface area contributed by atoms with Crippen LogP contribution in [0.5, 0.6) is 0 Å². The Morgan fingerprint density at radius 2 is 2.42 bits per heavy atom. The summed E-state index contributed by atoms with van der Waals surface area (Å²) < 4.78 is 4.89. The van der Waals surface area contributed by atoms with Gasteiger partial charge >= 0.3 is 0 Å². The van der Waals surface area contributed by atoms with Crippen LogP contribution in [0.3, 0.4) is 0 Å². The van der Waals surface area contributed by atoms with Crippen molar-refractivity contribution in [2.45, 2.75) is 0 Å². The molecule has 0 spiro atoms. The molecule has 0 atom stereocenters. The van der Waals surface area contributed by atoms with Gasteiger partial charge < -0.3 is 9.73 Å². The minimum atomic E-state index is 0.727. The average molecular weight is 162 g/mol. The van der Waals surface area contributed by atoms with Crippen molar-refractivity contribution in [2.24, 2.45) is 5.16 Å². The number of nitrogens with zero attached hydrogens (tertiary/aromatic N) is 2. The summed E-state index contributed by atoms with van der Waals surface area (Å²) in [6.07, 6.45) is 2.97. The molecule has 60 valence electrons. The number of hydrogen-bond donors (Lipinski definition) is 1. The predicted octanol–water partition coefficient (Wildman–Crippen LogP) is 1.64. The maximum absolute atomic E-state index is 8.27. The fraction of sp³-hybridized carbons (Fsp3) is 0. The molecule has 4 heteroatoms. The Hall–Kier alpha value is -1.84. The lowest BCUT2D eigenvalue weighted by atomic mass is 10.2. The van der Waals surface area contributed by atoms with E-state index in [9.17, 15) is 0 Å². The second kappa shape index (κ2) is 2.65. The molecule has 4 nitrogen and oxygen atoms in total. The standard InChI is InChI=1S/C8H6N2O2/c11-9-4-6-1-2-8-7(3-6)5-10-12-8/h1-5,11H. The molecule has 0 fully saturated rings. The molecule has 1 heterocycles. The van der Waals surface area contributed by atoms with Gasteiger partial charge in [0.2, 0.25) is 0 Å². The highest BCUT2D eigenvalue weighted by atomic mass is 16.5. The van der Waals surface area contributed by atoms with Gasteiger partial charge in [-0.05, 0) is 23.8 Å². The monoisotopic (exact) mass is 162 g/mol. The van der Waals surface area contributed by atoms with Gasteiger partial charge in [0, 0.05) is 5.39 Å². The molecule has 0 aliphatic rings. The summed E-state index contributed by atoms with van der Waals surface area (Å²) in [5, 5.41) is 15.7. The maximum atomic E-state index is 8.27. The first-order chi connectivity index (χ1) is 5.90. The average Bonchev–Trinajstić information content (AvgIpc) is 2.51. The lowest BCUT2D eigenvalue weighted by molar-refractivity contribution is 0.322. The quantitative estimate of drug-likeness (QED) is 0.394. The van der Waals surface area contributed by atoms with Crippen molar-refractivity contribution in [2.75, 3.05) is 0 Å². The van der Waals surface area contributed by atoms with Gasteiger partial charge in [-0.15, -0.1) is 0 Å². The third-order valence-corrected chi connectivity index (χ3v) is 1.58. The van der Waals surface area contributed by atoms with Gasteiger partial charge in [-0.1, -0.05) is 10.3 Å². The molecular formula is C8H6N2O2. The van der Waals surface area contributed by atoms with Crippen molar-refractivity contribution in [1.82, 2.24) is 5.16 Å². The van der Waals surface area contributed by atoms with Gasteiger partial charge in [0.15, 0.2) is 5.58 Å². The Morgan fingerprint density at radius 3 is 3.25 bits per heavy atom. The predicted molar refractivity (Wildman–Crippen MR) is 43.4 cm³/mol. The zero-order chi connectivity index (χ0) is 8.39. The van der Waals surface area contributed by atoms with Gasteiger partial charge in [0.1, 0.15) is 0 Å². The fourth-order valence-corrected chi connectivity index (χ4v) is 1.04. The first kappa shape index (κ1) is 6.84. The van der Waals surface area contributed by atoms with Crippen LogP contribution in [-0.4, -0.2) is 16.6 Å². The molecule has 0 unspecified atom stereocenters. The fourth-order valence-electron chi connectivity index (χ4n) is 1.04.